The second-order valence-corrected chi connectivity index (χ2v) is 10.5. The number of carbonyl (C=O) groups excluding carboxylic acids is 1. The van der Waals surface area contributed by atoms with Crippen LogP contribution in [0, 0.1) is 6.92 Å². The van der Waals surface area contributed by atoms with Crippen molar-refractivity contribution in [3.05, 3.63) is 118 Å². The molecule has 0 saturated carbocycles. The zero-order chi connectivity index (χ0) is 26.3. The van der Waals surface area contributed by atoms with Crippen LogP contribution >= 0.6 is 11.3 Å². The SMILES string of the molecule is CCc1ccc2c(c1)CCc1sc(C)nc1C2(O)c1cn(Cc2cccc(C(=O)OC)c2)c(=O)[nH]c1=O. The van der Waals surface area contributed by atoms with Crippen molar-refractivity contribution >= 4 is 17.3 Å². The summed E-state index contributed by atoms with van der Waals surface area (Å²) in [5, 5.41) is 13.3. The summed E-state index contributed by atoms with van der Waals surface area (Å²) < 4.78 is 6.12. The lowest BCUT2D eigenvalue weighted by Gasteiger charge is -2.29. The summed E-state index contributed by atoms with van der Waals surface area (Å²) in [6.45, 7) is 4.02. The Labute approximate surface area is 217 Å². The molecule has 1 aliphatic carbocycles. The van der Waals surface area contributed by atoms with Crippen molar-refractivity contribution in [2.45, 2.75) is 45.3 Å². The van der Waals surface area contributed by atoms with E-state index in [1.807, 2.05) is 19.1 Å². The normalized spacial score (nSPS) is 16.5. The van der Waals surface area contributed by atoms with E-state index < -0.39 is 22.8 Å². The topological polar surface area (TPSA) is 114 Å². The predicted molar refractivity (Wildman–Crippen MR) is 140 cm³/mol. The van der Waals surface area contributed by atoms with Gasteiger partial charge in [-0.2, -0.15) is 0 Å². The van der Waals surface area contributed by atoms with E-state index >= 15 is 0 Å². The van der Waals surface area contributed by atoms with E-state index in [2.05, 4.69) is 23.0 Å². The molecule has 0 spiro atoms. The second-order valence-electron chi connectivity index (χ2n) is 9.18. The van der Waals surface area contributed by atoms with Gasteiger partial charge in [0, 0.05) is 11.1 Å². The summed E-state index contributed by atoms with van der Waals surface area (Å²) in [5.41, 5.74) is 1.02. The molecule has 37 heavy (non-hydrogen) atoms. The highest BCUT2D eigenvalue weighted by atomic mass is 32.1. The fourth-order valence-electron chi connectivity index (χ4n) is 4.99. The number of aromatic nitrogens is 3. The number of aryl methyl sites for hydroxylation is 4. The van der Waals surface area contributed by atoms with Gasteiger partial charge in [-0.05, 0) is 60.6 Å². The largest absolute Gasteiger partial charge is 0.465 e. The van der Waals surface area contributed by atoms with Gasteiger partial charge in [0.05, 0.1) is 35.5 Å². The maximum absolute atomic E-state index is 13.3. The summed E-state index contributed by atoms with van der Waals surface area (Å²) in [5.74, 6) is -0.487. The molecule has 1 unspecified atom stereocenters. The monoisotopic (exact) mass is 517 g/mol. The number of aromatic amines is 1. The van der Waals surface area contributed by atoms with E-state index in [4.69, 9.17) is 4.74 Å². The number of nitrogens with zero attached hydrogens (tertiary/aromatic N) is 2. The van der Waals surface area contributed by atoms with Crippen LogP contribution in [0.2, 0.25) is 0 Å². The highest BCUT2D eigenvalue weighted by Crippen LogP contribution is 2.43. The van der Waals surface area contributed by atoms with Crippen molar-refractivity contribution in [2.24, 2.45) is 0 Å². The molecule has 0 amide bonds. The molecule has 2 aromatic carbocycles. The summed E-state index contributed by atoms with van der Waals surface area (Å²) in [4.78, 5) is 46.1. The van der Waals surface area contributed by atoms with E-state index in [1.165, 1.54) is 29.2 Å². The van der Waals surface area contributed by atoms with Crippen molar-refractivity contribution in [3.63, 3.8) is 0 Å². The molecule has 0 saturated heterocycles. The van der Waals surface area contributed by atoms with Crippen LogP contribution in [0.5, 0.6) is 0 Å². The van der Waals surface area contributed by atoms with Gasteiger partial charge < -0.3 is 9.84 Å². The van der Waals surface area contributed by atoms with Gasteiger partial charge in [-0.15, -0.1) is 11.3 Å². The molecule has 1 aliphatic rings. The lowest BCUT2D eigenvalue weighted by Crippen LogP contribution is -2.41. The summed E-state index contributed by atoms with van der Waals surface area (Å²) in [6.07, 6.45) is 3.66. The molecule has 0 fully saturated rings. The van der Waals surface area contributed by atoms with Gasteiger partial charge in [0.2, 0.25) is 0 Å². The lowest BCUT2D eigenvalue weighted by molar-refractivity contribution is 0.0600. The van der Waals surface area contributed by atoms with Crippen LogP contribution in [-0.4, -0.2) is 32.7 Å². The zero-order valence-electron chi connectivity index (χ0n) is 20.8. The van der Waals surface area contributed by atoms with Crippen LogP contribution in [0.3, 0.4) is 0 Å². The molecule has 5 rings (SSSR count). The molecule has 1 atom stereocenters. The Bertz CT molecular complexity index is 1630. The minimum absolute atomic E-state index is 0.0233. The van der Waals surface area contributed by atoms with Gasteiger partial charge in [-0.25, -0.2) is 14.6 Å². The summed E-state index contributed by atoms with van der Waals surface area (Å²) in [6, 6.07) is 12.6. The molecule has 2 heterocycles. The highest BCUT2D eigenvalue weighted by Gasteiger charge is 2.44. The Morgan fingerprint density at radius 2 is 1.97 bits per heavy atom. The highest BCUT2D eigenvalue weighted by molar-refractivity contribution is 7.11. The molecule has 8 nitrogen and oxygen atoms in total. The molecule has 0 bridgehead atoms. The van der Waals surface area contributed by atoms with Gasteiger partial charge in [-0.3, -0.25) is 14.3 Å². The third kappa shape index (κ3) is 4.34. The number of rotatable bonds is 5. The van der Waals surface area contributed by atoms with Crippen molar-refractivity contribution in [3.8, 4) is 0 Å². The number of carbonyl (C=O) groups is 1. The average Bonchev–Trinajstić information content (AvgIpc) is 3.24. The first-order valence-corrected chi connectivity index (χ1v) is 12.9. The van der Waals surface area contributed by atoms with Crippen molar-refractivity contribution < 1.29 is 14.6 Å². The first-order valence-electron chi connectivity index (χ1n) is 12.1. The van der Waals surface area contributed by atoms with E-state index in [1.54, 1.807) is 24.3 Å². The number of methoxy groups -OCH3 is 1. The summed E-state index contributed by atoms with van der Waals surface area (Å²) in [7, 11) is 1.30. The Hall–Kier alpha value is -3.82. The fraction of sp³-hybridized carbons (Fsp3) is 0.286. The third-order valence-electron chi connectivity index (χ3n) is 6.84. The van der Waals surface area contributed by atoms with Crippen LogP contribution in [0.15, 0.2) is 58.3 Å². The molecule has 0 radical (unpaired) electrons. The van der Waals surface area contributed by atoms with Gasteiger partial charge in [0.25, 0.3) is 5.56 Å². The van der Waals surface area contributed by atoms with Crippen LogP contribution < -0.4 is 11.2 Å². The van der Waals surface area contributed by atoms with Crippen LogP contribution in [-0.2, 0) is 36.1 Å². The second kappa shape index (κ2) is 9.57. The first-order chi connectivity index (χ1) is 17.7. The first kappa shape index (κ1) is 24.9. The van der Waals surface area contributed by atoms with Crippen LogP contribution in [0.4, 0.5) is 0 Å². The molecule has 190 valence electrons. The van der Waals surface area contributed by atoms with Gasteiger partial charge in [0.1, 0.15) is 0 Å². The molecular formula is C28H27N3O5S. The zero-order valence-corrected chi connectivity index (χ0v) is 21.6. The molecule has 0 aliphatic heterocycles. The number of hydrogen-bond acceptors (Lipinski definition) is 7. The minimum atomic E-state index is -1.84. The number of esters is 1. The quantitative estimate of drug-likeness (QED) is 0.393. The molecule has 4 aromatic rings. The number of nitrogens with one attached hydrogen (secondary N) is 1. The van der Waals surface area contributed by atoms with E-state index in [0.29, 0.717) is 35.2 Å². The van der Waals surface area contributed by atoms with Crippen molar-refractivity contribution in [1.29, 1.82) is 0 Å². The number of thiazole rings is 1. The van der Waals surface area contributed by atoms with E-state index in [9.17, 15) is 19.5 Å². The maximum atomic E-state index is 13.3. The van der Waals surface area contributed by atoms with Gasteiger partial charge in [-0.1, -0.05) is 37.3 Å². The van der Waals surface area contributed by atoms with Gasteiger partial charge in [0.15, 0.2) is 5.60 Å². The van der Waals surface area contributed by atoms with Crippen molar-refractivity contribution in [2.75, 3.05) is 7.11 Å². The molecular weight excluding hydrogens is 490 g/mol. The predicted octanol–water partition coefficient (Wildman–Crippen LogP) is 3.08. The minimum Gasteiger partial charge on any atom is -0.465 e. The number of aliphatic hydroxyl groups is 1. The number of hydrogen-bond donors (Lipinski definition) is 2. The Morgan fingerprint density at radius 3 is 2.73 bits per heavy atom. The van der Waals surface area contributed by atoms with Gasteiger partial charge >= 0.3 is 11.7 Å². The lowest BCUT2D eigenvalue weighted by atomic mass is 9.82. The number of H-pyrrole nitrogens is 1. The molecule has 2 N–H and O–H groups in total. The summed E-state index contributed by atoms with van der Waals surface area (Å²) >= 11 is 1.51. The Morgan fingerprint density at radius 1 is 1.16 bits per heavy atom. The molecule has 9 heteroatoms. The van der Waals surface area contributed by atoms with E-state index in [0.717, 1.165) is 27.4 Å². The standard InChI is InChI=1S/C28H27N3O5S/c1-4-17-8-10-21-19(12-17)9-11-23-24(29-16(2)37-23)28(21,35)22-15-31(27(34)30-25(22)32)14-18-6-5-7-20(13-18)26(33)36-3/h5-8,10,12-13,15,35H,4,9,11,14H2,1-3H3,(H,30,32,34). The Balaban J connectivity index is 1.70. The number of fused-ring (bicyclic) bond motifs is 2. The number of ether oxygens (including phenoxy) is 1. The van der Waals surface area contributed by atoms with Crippen LogP contribution in [0.1, 0.15) is 60.7 Å². The van der Waals surface area contributed by atoms with E-state index in [-0.39, 0.29) is 12.1 Å². The smallest absolute Gasteiger partial charge is 0.337 e. The maximum Gasteiger partial charge on any atom is 0.337 e. The average molecular weight is 518 g/mol. The van der Waals surface area contributed by atoms with Crippen molar-refractivity contribution in [1.82, 2.24) is 14.5 Å². The Kier molecular flexibility index (Phi) is 6.43. The number of benzene rings is 2. The fourth-order valence-corrected chi connectivity index (χ4v) is 5.98. The third-order valence-corrected chi connectivity index (χ3v) is 7.87. The van der Waals surface area contributed by atoms with Crippen LogP contribution in [0.25, 0.3) is 0 Å². The molecule has 2 aromatic heterocycles.